The molecule has 0 radical (unpaired) electrons. The number of urea groups is 1. The van der Waals surface area contributed by atoms with Crippen LogP contribution in [0, 0.1) is 6.92 Å². The Kier molecular flexibility index (Phi) is 5.69. The minimum Gasteiger partial charge on any atom is -0.312 e. The Bertz CT molecular complexity index is 1250. The van der Waals surface area contributed by atoms with Gasteiger partial charge in [0.25, 0.3) is 5.91 Å². The van der Waals surface area contributed by atoms with Gasteiger partial charge in [0.2, 0.25) is 10.0 Å². The molecule has 1 aromatic heterocycles. The molecule has 2 aromatic rings. The molecule has 1 N–H and O–H groups in total. The number of anilines is 1. The Morgan fingerprint density at radius 3 is 2.55 bits per heavy atom. The number of fused-ring (bicyclic) bond motifs is 1. The van der Waals surface area contributed by atoms with Crippen molar-refractivity contribution in [3.8, 4) is 0 Å². The molecular weight excluding hydrogens is 487 g/mol. The lowest BCUT2D eigenvalue weighted by molar-refractivity contribution is -0.137. The van der Waals surface area contributed by atoms with Crippen molar-refractivity contribution in [2.24, 2.45) is 7.05 Å². The first-order valence-electron chi connectivity index (χ1n) is 9.84. The zero-order valence-electron chi connectivity index (χ0n) is 17.4. The van der Waals surface area contributed by atoms with Gasteiger partial charge in [-0.3, -0.25) is 9.48 Å². The van der Waals surface area contributed by atoms with E-state index in [0.717, 1.165) is 18.2 Å². The van der Waals surface area contributed by atoms with Crippen LogP contribution in [0.4, 0.5) is 23.7 Å². The smallest absolute Gasteiger partial charge is 0.312 e. The normalized spacial score (nSPS) is 21.6. The van der Waals surface area contributed by atoms with Crippen LogP contribution in [-0.2, 0) is 28.0 Å². The van der Waals surface area contributed by atoms with Crippen LogP contribution < -0.4 is 9.62 Å². The summed E-state index contributed by atoms with van der Waals surface area (Å²) >= 11 is 6.07. The van der Waals surface area contributed by atoms with Gasteiger partial charge >= 0.3 is 12.2 Å². The van der Waals surface area contributed by atoms with E-state index in [4.69, 9.17) is 11.6 Å². The van der Waals surface area contributed by atoms with E-state index < -0.39 is 45.8 Å². The number of benzene rings is 1. The first-order valence-corrected chi connectivity index (χ1v) is 11.7. The molecule has 3 heterocycles. The minimum absolute atomic E-state index is 0.0316. The van der Waals surface area contributed by atoms with Gasteiger partial charge in [-0.2, -0.15) is 18.3 Å². The predicted molar refractivity (Wildman–Crippen MR) is 111 cm³/mol. The van der Waals surface area contributed by atoms with E-state index in [0.29, 0.717) is 4.90 Å². The van der Waals surface area contributed by atoms with Gasteiger partial charge in [0.15, 0.2) is 0 Å². The maximum atomic E-state index is 13.1. The number of hydrogen-bond acceptors (Lipinski definition) is 5. The molecule has 3 amide bonds. The molecule has 2 aliphatic rings. The summed E-state index contributed by atoms with van der Waals surface area (Å²) in [6.07, 6.45) is -4.46. The van der Waals surface area contributed by atoms with Crippen molar-refractivity contribution in [1.82, 2.24) is 19.4 Å². The number of halogens is 4. The fraction of sp³-hybridized carbons (Fsp3) is 0.421. The van der Waals surface area contributed by atoms with Gasteiger partial charge in [-0.25, -0.2) is 22.8 Å². The van der Waals surface area contributed by atoms with Crippen LogP contribution in [0.3, 0.4) is 0 Å². The molecule has 2 saturated heterocycles. The number of imide groups is 1. The molecule has 0 unspecified atom stereocenters. The maximum Gasteiger partial charge on any atom is 0.416 e. The third-order valence-electron chi connectivity index (χ3n) is 5.67. The minimum atomic E-state index is -4.63. The lowest BCUT2D eigenvalue weighted by Gasteiger charge is -2.32. The number of rotatable bonds is 4. The summed E-state index contributed by atoms with van der Waals surface area (Å²) in [6.45, 7) is 1.55. The monoisotopic (exact) mass is 505 g/mol. The van der Waals surface area contributed by atoms with E-state index in [2.05, 4.69) is 9.82 Å². The molecule has 1 aromatic carbocycles. The highest BCUT2D eigenvalue weighted by Crippen LogP contribution is 2.35. The highest BCUT2D eigenvalue weighted by atomic mass is 35.5. The van der Waals surface area contributed by atoms with Crippen molar-refractivity contribution in [3.05, 3.63) is 40.7 Å². The van der Waals surface area contributed by atoms with Gasteiger partial charge in [-0.15, -0.1) is 0 Å². The first-order chi connectivity index (χ1) is 15.3. The van der Waals surface area contributed by atoms with E-state index in [9.17, 15) is 31.2 Å². The van der Waals surface area contributed by atoms with E-state index in [1.54, 1.807) is 0 Å². The first kappa shape index (κ1) is 23.5. The van der Waals surface area contributed by atoms with Crippen molar-refractivity contribution < 1.29 is 31.2 Å². The molecule has 178 valence electrons. The van der Waals surface area contributed by atoms with Crippen molar-refractivity contribution in [1.29, 1.82) is 0 Å². The van der Waals surface area contributed by atoms with E-state index in [-0.39, 0.29) is 40.8 Å². The second kappa shape index (κ2) is 7.99. The van der Waals surface area contributed by atoms with Crippen molar-refractivity contribution in [2.75, 3.05) is 11.4 Å². The number of piperidine rings is 1. The largest absolute Gasteiger partial charge is 0.416 e. The third kappa shape index (κ3) is 4.08. The van der Waals surface area contributed by atoms with Gasteiger partial charge in [0.1, 0.15) is 16.1 Å². The topological polar surface area (TPSA) is 105 Å². The second-order valence-corrected chi connectivity index (χ2v) is 9.89. The molecular formula is C19H19ClF3N5O4S. The van der Waals surface area contributed by atoms with E-state index >= 15 is 0 Å². The van der Waals surface area contributed by atoms with Gasteiger partial charge in [0.05, 0.1) is 16.9 Å². The van der Waals surface area contributed by atoms with Crippen molar-refractivity contribution >= 4 is 39.2 Å². The summed E-state index contributed by atoms with van der Waals surface area (Å²) < 4.78 is 68.7. The van der Waals surface area contributed by atoms with Crippen LogP contribution in [0.2, 0.25) is 5.15 Å². The number of carbonyl (C=O) groups excluding carboxylic acids is 2. The van der Waals surface area contributed by atoms with Crippen LogP contribution >= 0.6 is 11.6 Å². The van der Waals surface area contributed by atoms with Gasteiger partial charge < -0.3 is 4.90 Å². The van der Waals surface area contributed by atoms with Crippen LogP contribution in [0.1, 0.15) is 24.1 Å². The summed E-state index contributed by atoms with van der Waals surface area (Å²) in [4.78, 5) is 27.6. The molecule has 33 heavy (non-hydrogen) atoms. The maximum absolute atomic E-state index is 13.1. The highest BCUT2D eigenvalue weighted by molar-refractivity contribution is 7.89. The molecule has 0 aliphatic carbocycles. The van der Waals surface area contributed by atoms with Crippen LogP contribution in [0.5, 0.6) is 0 Å². The van der Waals surface area contributed by atoms with Crippen LogP contribution in [0.15, 0.2) is 29.2 Å². The second-order valence-electron chi connectivity index (χ2n) is 7.89. The summed E-state index contributed by atoms with van der Waals surface area (Å²) in [5, 5.41) is 3.92. The van der Waals surface area contributed by atoms with Gasteiger partial charge in [0, 0.05) is 19.6 Å². The molecule has 0 spiro atoms. The lowest BCUT2D eigenvalue weighted by Crippen LogP contribution is -2.49. The molecule has 2 atom stereocenters. The Labute approximate surface area is 192 Å². The van der Waals surface area contributed by atoms with Crippen LogP contribution in [0.25, 0.3) is 0 Å². The quantitative estimate of drug-likeness (QED) is 0.643. The number of aromatic nitrogens is 2. The SMILES string of the molecule is Cc1nn(C)c(Cl)c1S(=O)(=O)N[C@@H]1CCN2C(=O)N(c3cccc(C(F)(F)F)c3)C(=O)[C@@H]2C1. The summed E-state index contributed by atoms with van der Waals surface area (Å²) in [6, 6.07) is 1.52. The summed E-state index contributed by atoms with van der Waals surface area (Å²) in [7, 11) is -2.57. The Morgan fingerprint density at radius 2 is 1.94 bits per heavy atom. The van der Waals surface area contributed by atoms with Gasteiger partial charge in [-0.1, -0.05) is 17.7 Å². The molecule has 2 fully saturated rings. The lowest BCUT2D eigenvalue weighted by atomic mass is 9.99. The Morgan fingerprint density at radius 1 is 1.24 bits per heavy atom. The third-order valence-corrected chi connectivity index (χ3v) is 7.88. The predicted octanol–water partition coefficient (Wildman–Crippen LogP) is 2.68. The number of nitrogens with zero attached hydrogens (tertiary/aromatic N) is 4. The van der Waals surface area contributed by atoms with Gasteiger partial charge in [-0.05, 0) is 38.0 Å². The fourth-order valence-electron chi connectivity index (χ4n) is 4.16. The van der Waals surface area contributed by atoms with E-state index in [1.807, 2.05) is 0 Å². The molecule has 0 saturated carbocycles. The molecule has 14 heteroatoms. The number of sulfonamides is 1. The fourth-order valence-corrected chi connectivity index (χ4v) is 6.19. The van der Waals surface area contributed by atoms with E-state index in [1.165, 1.54) is 29.6 Å². The summed E-state index contributed by atoms with van der Waals surface area (Å²) in [5.74, 6) is -0.709. The average Bonchev–Trinajstić information content (AvgIpc) is 3.12. The molecule has 9 nitrogen and oxygen atoms in total. The number of nitrogens with one attached hydrogen (secondary N) is 1. The van der Waals surface area contributed by atoms with Crippen molar-refractivity contribution in [3.63, 3.8) is 0 Å². The standard InChI is InChI=1S/C19H19ClF3N5O4S/c1-10-15(16(20)26(2)24-10)33(31,32)25-12-6-7-27-14(9-12)17(29)28(18(27)30)13-5-3-4-11(8-13)19(21,22)23/h3-5,8,12,14,25H,6-7,9H2,1-2H3/t12-,14+/m1/s1. The number of amides is 3. The molecule has 4 rings (SSSR count). The Hall–Kier alpha value is -2.64. The number of hydrogen-bond donors (Lipinski definition) is 1. The zero-order chi connectivity index (χ0) is 24.3. The van der Waals surface area contributed by atoms with Crippen molar-refractivity contribution in [2.45, 2.75) is 42.9 Å². The molecule has 0 bridgehead atoms. The molecule has 2 aliphatic heterocycles. The zero-order valence-corrected chi connectivity index (χ0v) is 19.0. The summed E-state index contributed by atoms with van der Waals surface area (Å²) in [5.41, 5.74) is -0.973. The number of carbonyl (C=O) groups is 2. The number of aryl methyl sites for hydroxylation is 2. The Balaban J connectivity index is 1.55. The average molecular weight is 506 g/mol. The highest BCUT2D eigenvalue weighted by Gasteiger charge is 2.49. The number of alkyl halides is 3. The van der Waals surface area contributed by atoms with Crippen LogP contribution in [-0.4, -0.2) is 53.7 Å².